The largest absolute Gasteiger partial charge is 0.477 e. The maximum atomic E-state index is 12.3. The monoisotopic (exact) mass is 322 g/mol. The average molecular weight is 323 g/mol. The molecule has 3 rings (SSSR count). The fraction of sp³-hybridized carbons (Fsp3) is 0.231. The van der Waals surface area contributed by atoms with Gasteiger partial charge in [-0.05, 0) is 12.1 Å². The lowest BCUT2D eigenvalue weighted by atomic mass is 10.2. The number of amides is 1. The second-order valence-corrected chi connectivity index (χ2v) is 5.10. The molecule has 0 unspecified atom stereocenters. The Labute approximate surface area is 129 Å². The van der Waals surface area contributed by atoms with Gasteiger partial charge in [0.1, 0.15) is 11.3 Å². The fourth-order valence-electron chi connectivity index (χ4n) is 2.18. The molecule has 0 spiro atoms. The maximum absolute atomic E-state index is 12.3. The van der Waals surface area contributed by atoms with Crippen LogP contribution in [-0.4, -0.2) is 27.2 Å². The minimum atomic E-state index is -0.587. The minimum absolute atomic E-state index is 0.0262. The van der Waals surface area contributed by atoms with Crippen LogP contribution < -0.4 is 10.1 Å². The Morgan fingerprint density at radius 2 is 2.32 bits per heavy atom. The van der Waals surface area contributed by atoms with E-state index in [9.17, 15) is 14.9 Å². The van der Waals surface area contributed by atoms with Crippen molar-refractivity contribution in [3.05, 3.63) is 45.1 Å². The summed E-state index contributed by atoms with van der Waals surface area (Å²) in [5, 5.41) is 17.8. The second kappa shape index (κ2) is 5.64. The number of aryl methyl sites for hydroxylation is 1. The number of nitrogens with zero attached hydrogens (tertiary/aromatic N) is 3. The van der Waals surface area contributed by atoms with Crippen molar-refractivity contribution in [1.29, 1.82) is 0 Å². The Morgan fingerprint density at radius 3 is 3.09 bits per heavy atom. The van der Waals surface area contributed by atoms with E-state index < -0.39 is 10.8 Å². The Bertz CT molecular complexity index is 758. The van der Waals surface area contributed by atoms with Gasteiger partial charge in [0.25, 0.3) is 11.6 Å². The zero-order valence-electron chi connectivity index (χ0n) is 11.3. The summed E-state index contributed by atoms with van der Waals surface area (Å²) in [6.45, 7) is 1.17. The third-order valence-corrected chi connectivity index (χ3v) is 3.43. The highest BCUT2D eigenvalue weighted by molar-refractivity contribution is 6.31. The van der Waals surface area contributed by atoms with E-state index in [-0.39, 0.29) is 22.0 Å². The molecule has 0 fully saturated rings. The van der Waals surface area contributed by atoms with Gasteiger partial charge in [0.2, 0.25) is 5.88 Å². The SMILES string of the molecule is O=C(Nc1cc(Cl)ccc1[N+](=O)[O-])c1cnn2c1OCCC2. The summed E-state index contributed by atoms with van der Waals surface area (Å²) < 4.78 is 7.02. The predicted octanol–water partition coefficient (Wildman–Crippen LogP) is 2.48. The molecular formula is C13H11ClN4O4. The van der Waals surface area contributed by atoms with Crippen LogP contribution in [0.15, 0.2) is 24.4 Å². The molecular weight excluding hydrogens is 312 g/mol. The number of carbonyl (C=O) groups excluding carboxylic acids is 1. The Morgan fingerprint density at radius 1 is 1.50 bits per heavy atom. The first kappa shape index (κ1) is 14.3. The van der Waals surface area contributed by atoms with Crippen LogP contribution in [-0.2, 0) is 6.54 Å². The standard InChI is InChI=1S/C13H11ClN4O4/c14-8-2-3-11(18(20)21)10(6-8)16-12(19)9-7-15-17-4-1-5-22-13(9)17/h2-3,6-7H,1,4-5H2,(H,16,19). The Balaban J connectivity index is 1.90. The molecule has 0 aliphatic carbocycles. The van der Waals surface area contributed by atoms with Crippen molar-refractivity contribution >= 4 is 28.9 Å². The number of carbonyl (C=O) groups is 1. The van der Waals surface area contributed by atoms with E-state index in [2.05, 4.69) is 10.4 Å². The van der Waals surface area contributed by atoms with Gasteiger partial charge in [-0.25, -0.2) is 4.68 Å². The quantitative estimate of drug-likeness (QED) is 0.691. The van der Waals surface area contributed by atoms with Gasteiger partial charge in [-0.1, -0.05) is 11.6 Å². The highest BCUT2D eigenvalue weighted by Gasteiger charge is 2.24. The highest BCUT2D eigenvalue weighted by Crippen LogP contribution is 2.29. The van der Waals surface area contributed by atoms with Gasteiger partial charge in [0, 0.05) is 24.1 Å². The van der Waals surface area contributed by atoms with E-state index >= 15 is 0 Å². The molecule has 1 aromatic carbocycles. The number of hydrogen-bond acceptors (Lipinski definition) is 5. The van der Waals surface area contributed by atoms with Crippen LogP contribution in [0, 0.1) is 10.1 Å². The van der Waals surface area contributed by atoms with E-state index in [4.69, 9.17) is 16.3 Å². The fourth-order valence-corrected chi connectivity index (χ4v) is 2.35. The van der Waals surface area contributed by atoms with Crippen molar-refractivity contribution in [2.45, 2.75) is 13.0 Å². The van der Waals surface area contributed by atoms with Crippen LogP contribution in [0.3, 0.4) is 0 Å². The molecule has 0 saturated heterocycles. The topological polar surface area (TPSA) is 99.3 Å². The number of ether oxygens (including phenoxy) is 1. The summed E-state index contributed by atoms with van der Waals surface area (Å²) in [5.41, 5.74) is 0.0203. The molecule has 1 amide bonds. The lowest BCUT2D eigenvalue weighted by molar-refractivity contribution is -0.383. The third kappa shape index (κ3) is 2.60. The lowest BCUT2D eigenvalue weighted by Crippen LogP contribution is -2.18. The number of halogens is 1. The van der Waals surface area contributed by atoms with Gasteiger partial charge < -0.3 is 10.1 Å². The number of benzene rings is 1. The number of fused-ring (bicyclic) bond motifs is 1. The molecule has 2 aromatic rings. The van der Waals surface area contributed by atoms with Crippen LogP contribution in [0.1, 0.15) is 16.8 Å². The molecule has 0 bridgehead atoms. The van der Waals surface area contributed by atoms with E-state index in [0.29, 0.717) is 19.0 Å². The summed E-state index contributed by atoms with van der Waals surface area (Å²) in [7, 11) is 0. The summed E-state index contributed by atoms with van der Waals surface area (Å²) in [4.78, 5) is 22.7. The average Bonchev–Trinajstić information content (AvgIpc) is 2.91. The number of hydrogen-bond donors (Lipinski definition) is 1. The van der Waals surface area contributed by atoms with Crippen molar-refractivity contribution < 1.29 is 14.5 Å². The number of nitro groups is 1. The van der Waals surface area contributed by atoms with E-state index in [1.165, 1.54) is 24.4 Å². The van der Waals surface area contributed by atoms with Gasteiger partial charge in [-0.2, -0.15) is 5.10 Å². The first-order valence-corrected chi connectivity index (χ1v) is 6.88. The van der Waals surface area contributed by atoms with Gasteiger partial charge in [0.15, 0.2) is 0 Å². The summed E-state index contributed by atoms with van der Waals surface area (Å²) >= 11 is 5.83. The lowest BCUT2D eigenvalue weighted by Gasteiger charge is -2.15. The van der Waals surface area contributed by atoms with E-state index in [1.54, 1.807) is 4.68 Å². The maximum Gasteiger partial charge on any atom is 0.292 e. The molecule has 9 heteroatoms. The first-order chi connectivity index (χ1) is 10.6. The smallest absolute Gasteiger partial charge is 0.292 e. The van der Waals surface area contributed by atoms with Gasteiger partial charge in [-0.15, -0.1) is 0 Å². The molecule has 2 heterocycles. The van der Waals surface area contributed by atoms with Crippen molar-refractivity contribution in [2.24, 2.45) is 0 Å². The normalized spacial score (nSPS) is 13.1. The molecule has 1 aromatic heterocycles. The van der Waals surface area contributed by atoms with Crippen LogP contribution in [0.4, 0.5) is 11.4 Å². The molecule has 1 aliphatic heterocycles. The van der Waals surface area contributed by atoms with Crippen LogP contribution in [0.2, 0.25) is 5.02 Å². The van der Waals surface area contributed by atoms with Crippen LogP contribution in [0.5, 0.6) is 5.88 Å². The molecule has 114 valence electrons. The molecule has 1 N–H and O–H groups in total. The molecule has 0 atom stereocenters. The van der Waals surface area contributed by atoms with Crippen molar-refractivity contribution in [3.8, 4) is 5.88 Å². The summed E-state index contributed by atoms with van der Waals surface area (Å²) in [5.74, 6) is -0.165. The van der Waals surface area contributed by atoms with Crippen LogP contribution >= 0.6 is 11.6 Å². The van der Waals surface area contributed by atoms with Crippen molar-refractivity contribution in [3.63, 3.8) is 0 Å². The molecule has 8 nitrogen and oxygen atoms in total. The predicted molar refractivity (Wildman–Crippen MR) is 78.4 cm³/mol. The number of anilines is 1. The summed E-state index contributed by atoms with van der Waals surface area (Å²) in [6, 6.07) is 3.95. The van der Waals surface area contributed by atoms with Gasteiger partial charge >= 0.3 is 0 Å². The number of nitrogens with one attached hydrogen (secondary N) is 1. The first-order valence-electron chi connectivity index (χ1n) is 6.50. The van der Waals surface area contributed by atoms with E-state index in [1.807, 2.05) is 0 Å². The minimum Gasteiger partial charge on any atom is -0.477 e. The Kier molecular flexibility index (Phi) is 3.68. The van der Waals surface area contributed by atoms with Gasteiger partial charge in [-0.3, -0.25) is 14.9 Å². The number of rotatable bonds is 3. The molecule has 0 radical (unpaired) electrons. The molecule has 0 saturated carbocycles. The number of aromatic nitrogens is 2. The number of nitro benzene ring substituents is 1. The zero-order valence-corrected chi connectivity index (χ0v) is 12.0. The molecule has 22 heavy (non-hydrogen) atoms. The highest BCUT2D eigenvalue weighted by atomic mass is 35.5. The third-order valence-electron chi connectivity index (χ3n) is 3.19. The Hall–Kier alpha value is -2.61. The van der Waals surface area contributed by atoms with Crippen molar-refractivity contribution in [1.82, 2.24) is 9.78 Å². The van der Waals surface area contributed by atoms with Crippen molar-refractivity contribution in [2.75, 3.05) is 11.9 Å². The summed E-state index contributed by atoms with van der Waals surface area (Å²) in [6.07, 6.45) is 2.20. The zero-order chi connectivity index (χ0) is 15.7. The van der Waals surface area contributed by atoms with E-state index in [0.717, 1.165) is 6.42 Å². The molecule has 1 aliphatic rings. The second-order valence-electron chi connectivity index (χ2n) is 4.66. The van der Waals surface area contributed by atoms with Gasteiger partial charge in [0.05, 0.1) is 17.7 Å². The van der Waals surface area contributed by atoms with Crippen LogP contribution in [0.25, 0.3) is 0 Å².